The summed E-state index contributed by atoms with van der Waals surface area (Å²) in [5, 5.41) is 38.6. The molecule has 2 aromatic carbocycles. The molecule has 0 aliphatic heterocycles. The van der Waals surface area contributed by atoms with E-state index >= 15 is 0 Å². The number of carbonyl (C=O) groups is 1. The summed E-state index contributed by atoms with van der Waals surface area (Å²) in [6.07, 6.45) is 0. The maximum atomic E-state index is 11.0. The molecule has 0 unspecified atom stereocenters. The zero-order chi connectivity index (χ0) is 16.8. The molecule has 124 valence electrons. The van der Waals surface area contributed by atoms with Crippen molar-refractivity contribution < 1.29 is 66.8 Å². The van der Waals surface area contributed by atoms with E-state index in [0.29, 0.717) is 5.69 Å². The van der Waals surface area contributed by atoms with Gasteiger partial charge < -0.3 is 15.0 Å². The van der Waals surface area contributed by atoms with Crippen molar-refractivity contribution in [3.05, 3.63) is 70.1 Å². The fourth-order valence-corrected chi connectivity index (χ4v) is 1.83. The summed E-state index contributed by atoms with van der Waals surface area (Å²) < 4.78 is 0. The number of non-ortho nitro benzene ring substituents is 1. The molecule has 0 radical (unpaired) electrons. The van der Waals surface area contributed by atoms with Crippen molar-refractivity contribution in [3.8, 4) is 0 Å². The second kappa shape index (κ2) is 11.0. The van der Waals surface area contributed by atoms with Crippen molar-refractivity contribution in [2.24, 2.45) is 10.2 Å². The van der Waals surface area contributed by atoms with Gasteiger partial charge in [-0.25, -0.2) is 5.11 Å². The van der Waals surface area contributed by atoms with Crippen LogP contribution in [0.3, 0.4) is 0 Å². The molecule has 8 nitrogen and oxygen atoms in total. The minimum Gasteiger partial charge on any atom is -0.559 e. The number of carbonyl (C=O) groups excluding carboxylic acids is 1. The zero-order valence-corrected chi connectivity index (χ0v) is 16.4. The predicted octanol–water partition coefficient (Wildman–Crippen LogP) is -1.32. The Hall–Kier alpha value is -1.73. The largest absolute Gasteiger partial charge is 1.00 e. The van der Waals surface area contributed by atoms with Crippen LogP contribution >= 0.6 is 0 Å². The van der Waals surface area contributed by atoms with Gasteiger partial charge in [0.25, 0.3) is 5.69 Å². The molecule has 0 aromatic heterocycles. The normalized spacial score (nSPS) is 9.80. The van der Waals surface area contributed by atoms with Gasteiger partial charge in [0.15, 0.2) is 0 Å². The summed E-state index contributed by atoms with van der Waals surface area (Å²) in [5.41, 5.74) is 0.723. The Morgan fingerprint density at radius 1 is 1.12 bits per heavy atom. The van der Waals surface area contributed by atoms with Gasteiger partial charge in [0.2, 0.25) is 0 Å². The zero-order valence-electron chi connectivity index (χ0n) is 13.2. The van der Waals surface area contributed by atoms with Crippen molar-refractivity contribution in [2.45, 2.75) is 0 Å². The van der Waals surface area contributed by atoms with Gasteiger partial charge in [-0.05, 0) is 17.8 Å². The Labute approximate surface area is 176 Å². The van der Waals surface area contributed by atoms with E-state index in [1.54, 1.807) is 12.1 Å². The second-order valence-corrected chi connectivity index (χ2v) is 4.41. The van der Waals surface area contributed by atoms with Crippen LogP contribution < -0.4 is 34.7 Å². The van der Waals surface area contributed by atoms with Crippen LogP contribution in [0.2, 0.25) is 0 Å². The van der Waals surface area contributed by atoms with Gasteiger partial charge in [0.1, 0.15) is 0 Å². The Balaban J connectivity index is 0.00000288. The molecule has 0 amide bonds. The molecular formula is C15H11CrN3NaO5-. The van der Waals surface area contributed by atoms with E-state index in [1.807, 2.05) is 0 Å². The topological polar surface area (TPSA) is 128 Å². The minimum absolute atomic E-state index is 0. The number of nitro groups is 1. The third-order valence-electron chi connectivity index (χ3n) is 2.97. The maximum absolute atomic E-state index is 11.0. The van der Waals surface area contributed by atoms with E-state index < -0.39 is 17.5 Å². The number of nitro benzene ring substituents is 1. The van der Waals surface area contributed by atoms with Crippen LogP contribution in [0.4, 0.5) is 17.1 Å². The van der Waals surface area contributed by atoms with E-state index in [1.165, 1.54) is 36.4 Å². The smallest absolute Gasteiger partial charge is 0.559 e. The van der Waals surface area contributed by atoms with E-state index in [0.717, 1.165) is 0 Å². The number of carboxylic acids is 1. The fourth-order valence-electron chi connectivity index (χ4n) is 1.83. The van der Waals surface area contributed by atoms with Crippen LogP contribution in [0, 0.1) is 16.0 Å². The molecular weight excluding hydrogens is 377 g/mol. The molecule has 0 spiro atoms. The van der Waals surface area contributed by atoms with Crippen LogP contribution in [-0.2, 0) is 22.2 Å². The second-order valence-electron chi connectivity index (χ2n) is 4.41. The number of hydrogen-bond donors (Lipinski definition) is 1. The molecule has 1 N–H and O–H groups in total. The van der Waals surface area contributed by atoms with Crippen LogP contribution in [0.1, 0.15) is 5.56 Å². The van der Waals surface area contributed by atoms with Crippen LogP contribution in [0.25, 0.3) is 0 Å². The Bertz CT molecular complexity index is 755. The Morgan fingerprint density at radius 3 is 2.24 bits per heavy atom. The van der Waals surface area contributed by atoms with Crippen molar-refractivity contribution in [2.75, 3.05) is 6.61 Å². The van der Waals surface area contributed by atoms with E-state index in [4.69, 9.17) is 5.11 Å². The average Bonchev–Trinajstić information content (AvgIpc) is 2.54. The SMILES string of the molecule is O=C([O-])[C-](CO)c1ccccc1N=Nc1ccc([N+](=O)[O-])cc1.[Cr].[Na+]. The van der Waals surface area contributed by atoms with Crippen molar-refractivity contribution in [1.82, 2.24) is 0 Å². The number of nitrogens with zero attached hydrogens (tertiary/aromatic N) is 3. The van der Waals surface area contributed by atoms with Crippen molar-refractivity contribution in [3.63, 3.8) is 0 Å². The predicted molar refractivity (Wildman–Crippen MR) is 78.2 cm³/mol. The maximum Gasteiger partial charge on any atom is 1.00 e. The number of hydrogen-bond acceptors (Lipinski definition) is 7. The van der Waals surface area contributed by atoms with Crippen LogP contribution in [-0.4, -0.2) is 22.6 Å². The number of rotatable bonds is 6. The number of azo groups is 1. The van der Waals surface area contributed by atoms with Gasteiger partial charge in [-0.15, -0.1) is 6.07 Å². The van der Waals surface area contributed by atoms with Crippen LogP contribution in [0.5, 0.6) is 0 Å². The Kier molecular flexibility index (Phi) is 10.2. The van der Waals surface area contributed by atoms with E-state index in [-0.39, 0.29) is 69.8 Å². The van der Waals surface area contributed by atoms with Crippen molar-refractivity contribution in [1.29, 1.82) is 0 Å². The van der Waals surface area contributed by atoms with E-state index in [9.17, 15) is 20.0 Å². The fraction of sp³-hybridized carbons (Fsp3) is 0.0667. The molecule has 2 aromatic rings. The molecule has 0 bridgehead atoms. The monoisotopic (exact) mass is 388 g/mol. The quantitative estimate of drug-likeness (QED) is 0.216. The Morgan fingerprint density at radius 2 is 1.72 bits per heavy atom. The number of aliphatic hydroxyl groups excluding tert-OH is 1. The molecule has 0 saturated carbocycles. The standard InChI is InChI=1S/C15H12N3O5.Cr.Na/c19-9-13(15(20)21)12-3-1-2-4-14(12)17-16-10-5-7-11(8-6-10)18(22)23;;/h1-8,19H,9H2,(H,20,21);;/q-1;;+1/p-1. The summed E-state index contributed by atoms with van der Waals surface area (Å²) in [5.74, 6) is -1.80. The molecule has 0 fully saturated rings. The minimum atomic E-state index is -1.49. The molecule has 0 atom stereocenters. The van der Waals surface area contributed by atoms with Gasteiger partial charge in [0, 0.05) is 42.1 Å². The summed E-state index contributed by atoms with van der Waals surface area (Å²) in [6.45, 7) is -0.702. The molecule has 2 rings (SSSR count). The first-order valence-corrected chi connectivity index (χ1v) is 6.46. The molecule has 0 heterocycles. The average molecular weight is 388 g/mol. The molecule has 10 heteroatoms. The van der Waals surface area contributed by atoms with E-state index in [2.05, 4.69) is 10.2 Å². The first-order chi connectivity index (χ1) is 11.0. The molecule has 25 heavy (non-hydrogen) atoms. The first-order valence-electron chi connectivity index (χ1n) is 6.46. The number of carboxylic acid groups (broad SMARTS) is 1. The third kappa shape index (κ3) is 6.25. The summed E-state index contributed by atoms with van der Waals surface area (Å²) in [4.78, 5) is 21.1. The van der Waals surface area contributed by atoms with Gasteiger partial charge >= 0.3 is 29.6 Å². The van der Waals surface area contributed by atoms with Gasteiger partial charge in [-0.2, -0.15) is 16.7 Å². The molecule has 0 saturated heterocycles. The van der Waals surface area contributed by atoms with Gasteiger partial charge in [0.05, 0.1) is 10.6 Å². The van der Waals surface area contributed by atoms with Gasteiger partial charge in [-0.3, -0.25) is 10.1 Å². The summed E-state index contributed by atoms with van der Waals surface area (Å²) in [7, 11) is 0. The van der Waals surface area contributed by atoms with Crippen LogP contribution in [0.15, 0.2) is 58.8 Å². The number of aliphatic hydroxyl groups is 1. The van der Waals surface area contributed by atoms with Gasteiger partial charge in [-0.1, -0.05) is 18.1 Å². The number of benzene rings is 2. The third-order valence-corrected chi connectivity index (χ3v) is 2.97. The first kappa shape index (κ1) is 23.3. The van der Waals surface area contributed by atoms with Crippen molar-refractivity contribution >= 4 is 23.0 Å². The molecule has 0 aliphatic carbocycles. The summed E-state index contributed by atoms with van der Waals surface area (Å²) in [6, 6.07) is 11.6. The molecule has 0 aliphatic rings. The summed E-state index contributed by atoms with van der Waals surface area (Å²) >= 11 is 0. The number of aliphatic carboxylic acids is 1.